The molecule has 10 heteroatoms. The number of carbonyl (C=O) groups is 1. The topological polar surface area (TPSA) is 101 Å². The summed E-state index contributed by atoms with van der Waals surface area (Å²) >= 11 is 6.38. The van der Waals surface area contributed by atoms with Crippen LogP contribution in [0.1, 0.15) is 19.8 Å². The number of halogens is 1. The normalized spacial score (nSPS) is 16.0. The maximum absolute atomic E-state index is 12.6. The van der Waals surface area contributed by atoms with E-state index >= 15 is 0 Å². The first-order valence-electron chi connectivity index (χ1n) is 10.9. The molecule has 3 aromatic rings. The Morgan fingerprint density at radius 1 is 1.33 bits per heavy atom. The minimum absolute atomic E-state index is 0.104. The predicted molar refractivity (Wildman–Crippen MR) is 130 cm³/mol. The maximum atomic E-state index is 12.6. The van der Waals surface area contributed by atoms with Gasteiger partial charge in [0.05, 0.1) is 11.7 Å². The van der Waals surface area contributed by atoms with Crippen LogP contribution in [-0.2, 0) is 11.8 Å². The molecule has 0 saturated carbocycles. The van der Waals surface area contributed by atoms with Crippen molar-refractivity contribution in [1.29, 1.82) is 0 Å². The highest BCUT2D eigenvalue weighted by molar-refractivity contribution is 6.32. The zero-order valence-corrected chi connectivity index (χ0v) is 19.6. The number of pyridine rings is 1. The second kappa shape index (κ2) is 9.66. The first-order valence-corrected chi connectivity index (χ1v) is 11.2. The molecule has 1 aliphatic heterocycles. The molecule has 33 heavy (non-hydrogen) atoms. The summed E-state index contributed by atoms with van der Waals surface area (Å²) in [6.07, 6.45) is 3.94. The molecule has 0 aliphatic carbocycles. The van der Waals surface area contributed by atoms with Crippen molar-refractivity contribution in [2.24, 2.45) is 13.0 Å². The molecule has 0 bridgehead atoms. The molecule has 0 spiro atoms. The number of hydrogen-bond donors (Lipinski definition) is 2. The van der Waals surface area contributed by atoms with Crippen molar-refractivity contribution in [3.63, 3.8) is 0 Å². The van der Waals surface area contributed by atoms with Crippen LogP contribution >= 0.6 is 11.6 Å². The number of rotatable bonds is 6. The van der Waals surface area contributed by atoms with Crippen molar-refractivity contribution < 1.29 is 9.53 Å². The van der Waals surface area contributed by atoms with Gasteiger partial charge in [-0.3, -0.25) is 9.59 Å². The van der Waals surface area contributed by atoms with Gasteiger partial charge in [0, 0.05) is 38.3 Å². The van der Waals surface area contributed by atoms with Gasteiger partial charge in [0.25, 0.3) is 11.5 Å². The Hall–Kier alpha value is -3.33. The van der Waals surface area contributed by atoms with Crippen molar-refractivity contribution in [1.82, 2.24) is 19.9 Å². The van der Waals surface area contributed by atoms with Gasteiger partial charge in [-0.05, 0) is 43.0 Å². The van der Waals surface area contributed by atoms with Crippen molar-refractivity contribution in [2.75, 3.05) is 37.0 Å². The third-order valence-corrected chi connectivity index (χ3v) is 6.04. The number of aromatic nitrogens is 3. The van der Waals surface area contributed by atoms with Crippen LogP contribution in [0, 0.1) is 5.92 Å². The Balaban J connectivity index is 1.62. The van der Waals surface area contributed by atoms with Gasteiger partial charge in [-0.25, -0.2) is 4.98 Å². The molecule has 2 aromatic heterocycles. The second-order valence-electron chi connectivity index (χ2n) is 8.29. The van der Waals surface area contributed by atoms with Crippen LogP contribution in [0.2, 0.25) is 5.02 Å². The molecular formula is C23H27ClN6O3. The SMILES string of the molecule is CNC(=O)COc1cc2cc(Nc3nc(N4CCC[C@H](C)C4)ncc3Cl)ccc2n(C)c1=O. The van der Waals surface area contributed by atoms with E-state index in [2.05, 4.69) is 32.4 Å². The van der Waals surface area contributed by atoms with Crippen LogP contribution in [0.5, 0.6) is 5.75 Å². The maximum Gasteiger partial charge on any atom is 0.293 e. The van der Waals surface area contributed by atoms with Crippen molar-refractivity contribution in [3.05, 3.63) is 45.8 Å². The molecule has 1 aliphatic rings. The number of nitrogens with zero attached hydrogens (tertiary/aromatic N) is 4. The summed E-state index contributed by atoms with van der Waals surface area (Å²) in [6, 6.07) is 7.20. The molecule has 9 nitrogen and oxygen atoms in total. The van der Waals surface area contributed by atoms with Crippen LogP contribution in [0.3, 0.4) is 0 Å². The van der Waals surface area contributed by atoms with E-state index in [9.17, 15) is 9.59 Å². The average Bonchev–Trinajstić information content (AvgIpc) is 2.81. The summed E-state index contributed by atoms with van der Waals surface area (Å²) in [5, 5.41) is 6.92. The first kappa shape index (κ1) is 22.8. The Morgan fingerprint density at radius 2 is 2.15 bits per heavy atom. The van der Waals surface area contributed by atoms with E-state index in [4.69, 9.17) is 16.3 Å². The minimum Gasteiger partial charge on any atom is -0.478 e. The number of fused-ring (bicyclic) bond motifs is 1. The number of amides is 1. The number of anilines is 3. The van der Waals surface area contributed by atoms with Gasteiger partial charge in [-0.15, -0.1) is 0 Å². The first-order chi connectivity index (χ1) is 15.9. The second-order valence-corrected chi connectivity index (χ2v) is 8.70. The molecule has 3 heterocycles. The lowest BCUT2D eigenvalue weighted by Gasteiger charge is -2.31. The molecule has 1 aromatic carbocycles. The van der Waals surface area contributed by atoms with E-state index in [0.717, 1.165) is 36.1 Å². The van der Waals surface area contributed by atoms with Gasteiger partial charge < -0.3 is 24.8 Å². The number of nitrogens with one attached hydrogen (secondary N) is 2. The summed E-state index contributed by atoms with van der Waals surface area (Å²) in [5.41, 5.74) is 1.16. The molecule has 1 amide bonds. The van der Waals surface area contributed by atoms with Gasteiger partial charge >= 0.3 is 0 Å². The van der Waals surface area contributed by atoms with Gasteiger partial charge in [0.15, 0.2) is 18.2 Å². The van der Waals surface area contributed by atoms with E-state index in [1.165, 1.54) is 18.0 Å². The highest BCUT2D eigenvalue weighted by Crippen LogP contribution is 2.28. The third kappa shape index (κ3) is 5.03. The van der Waals surface area contributed by atoms with E-state index in [-0.39, 0.29) is 23.8 Å². The number of carbonyl (C=O) groups excluding carboxylic acids is 1. The van der Waals surface area contributed by atoms with E-state index in [1.54, 1.807) is 19.3 Å². The van der Waals surface area contributed by atoms with E-state index in [1.807, 2.05) is 18.2 Å². The Kier molecular flexibility index (Phi) is 6.69. The van der Waals surface area contributed by atoms with Crippen LogP contribution in [0.15, 0.2) is 35.3 Å². The monoisotopic (exact) mass is 470 g/mol. The fraction of sp³-hybridized carbons (Fsp3) is 0.391. The molecule has 1 atom stereocenters. The number of hydrogen-bond acceptors (Lipinski definition) is 7. The van der Waals surface area contributed by atoms with Gasteiger partial charge in [-0.1, -0.05) is 18.5 Å². The number of likely N-dealkylation sites (N-methyl/N-ethyl adjacent to an activating group) is 1. The van der Waals surface area contributed by atoms with Gasteiger partial charge in [-0.2, -0.15) is 4.98 Å². The quantitative estimate of drug-likeness (QED) is 0.570. The Bertz CT molecular complexity index is 1240. The summed E-state index contributed by atoms with van der Waals surface area (Å²) in [5.74, 6) is 1.56. The number of piperidine rings is 1. The third-order valence-electron chi connectivity index (χ3n) is 5.76. The molecule has 0 radical (unpaired) electrons. The fourth-order valence-corrected chi connectivity index (χ4v) is 4.09. The van der Waals surface area contributed by atoms with E-state index in [0.29, 0.717) is 22.7 Å². The summed E-state index contributed by atoms with van der Waals surface area (Å²) in [6.45, 7) is 3.85. The molecule has 4 rings (SSSR count). The summed E-state index contributed by atoms with van der Waals surface area (Å²) in [7, 11) is 3.18. The highest BCUT2D eigenvalue weighted by atomic mass is 35.5. The molecular weight excluding hydrogens is 444 g/mol. The zero-order chi connectivity index (χ0) is 23.5. The number of aryl methyl sites for hydroxylation is 1. The summed E-state index contributed by atoms with van der Waals surface area (Å²) in [4.78, 5) is 35.3. The fourth-order valence-electron chi connectivity index (χ4n) is 3.96. The zero-order valence-electron chi connectivity index (χ0n) is 18.9. The van der Waals surface area contributed by atoms with Gasteiger partial charge in [0.2, 0.25) is 5.95 Å². The molecule has 1 saturated heterocycles. The van der Waals surface area contributed by atoms with Crippen LogP contribution in [0.4, 0.5) is 17.5 Å². The Morgan fingerprint density at radius 3 is 2.91 bits per heavy atom. The van der Waals surface area contributed by atoms with Crippen LogP contribution < -0.4 is 25.8 Å². The van der Waals surface area contributed by atoms with Crippen LogP contribution in [-0.4, -0.2) is 47.2 Å². The predicted octanol–water partition coefficient (Wildman–Crippen LogP) is 3.09. The minimum atomic E-state index is -0.315. The van der Waals surface area contributed by atoms with Crippen molar-refractivity contribution >= 4 is 45.9 Å². The smallest absolute Gasteiger partial charge is 0.293 e. The van der Waals surface area contributed by atoms with Crippen molar-refractivity contribution in [2.45, 2.75) is 19.8 Å². The average molecular weight is 471 g/mol. The van der Waals surface area contributed by atoms with Crippen LogP contribution in [0.25, 0.3) is 10.9 Å². The lowest BCUT2D eigenvalue weighted by molar-refractivity contribution is -0.122. The van der Waals surface area contributed by atoms with E-state index < -0.39 is 0 Å². The molecule has 1 fully saturated rings. The Labute approximate surface area is 196 Å². The standard InChI is InChI=1S/C23H27ClN6O3/c1-14-5-4-8-30(12-14)23-26-11-17(24)21(28-23)27-16-6-7-18-15(9-16)10-19(22(32)29(18)3)33-13-20(31)25-2/h6-7,9-11,14H,4-5,8,12-13H2,1-3H3,(H,25,31)(H,26,27,28)/t14-/m0/s1. The lowest BCUT2D eigenvalue weighted by atomic mass is 10.0. The molecule has 174 valence electrons. The largest absolute Gasteiger partial charge is 0.478 e. The highest BCUT2D eigenvalue weighted by Gasteiger charge is 2.20. The molecule has 0 unspecified atom stereocenters. The lowest BCUT2D eigenvalue weighted by Crippen LogP contribution is -2.35. The molecule has 2 N–H and O–H groups in total. The van der Waals surface area contributed by atoms with Gasteiger partial charge in [0.1, 0.15) is 5.02 Å². The van der Waals surface area contributed by atoms with Crippen molar-refractivity contribution in [3.8, 4) is 5.75 Å². The summed E-state index contributed by atoms with van der Waals surface area (Å²) < 4.78 is 6.93. The number of ether oxygens (including phenoxy) is 1. The number of benzene rings is 1.